The van der Waals surface area contributed by atoms with Gasteiger partial charge in [0.15, 0.2) is 0 Å². The molecule has 1 heterocycles. The van der Waals surface area contributed by atoms with Crippen LogP contribution in [0.3, 0.4) is 0 Å². The molecular formula is C14H15F2N3O3S. The van der Waals surface area contributed by atoms with Crippen molar-refractivity contribution in [2.24, 2.45) is 7.05 Å². The summed E-state index contributed by atoms with van der Waals surface area (Å²) in [7, 11) is -2.75. The van der Waals surface area contributed by atoms with E-state index in [4.69, 9.17) is 0 Å². The molecule has 1 amide bonds. The molecule has 0 aliphatic rings. The maximum absolute atomic E-state index is 13.7. The van der Waals surface area contributed by atoms with Crippen molar-refractivity contribution < 1.29 is 22.0 Å². The largest absolute Gasteiger partial charge is 0.276 e. The molecule has 2 aromatic rings. The van der Waals surface area contributed by atoms with Crippen LogP contribution in [-0.4, -0.2) is 24.1 Å². The van der Waals surface area contributed by atoms with Crippen LogP contribution in [0.25, 0.3) is 0 Å². The van der Waals surface area contributed by atoms with Gasteiger partial charge in [-0.1, -0.05) is 0 Å². The third-order valence-electron chi connectivity index (χ3n) is 3.15. The van der Waals surface area contributed by atoms with E-state index in [2.05, 4.69) is 5.10 Å². The fourth-order valence-electron chi connectivity index (χ4n) is 1.95. The second kappa shape index (κ2) is 6.45. The van der Waals surface area contributed by atoms with Gasteiger partial charge in [0.25, 0.3) is 10.0 Å². The molecule has 0 atom stereocenters. The van der Waals surface area contributed by atoms with Crippen LogP contribution in [-0.2, 0) is 28.3 Å². The Morgan fingerprint density at radius 3 is 2.61 bits per heavy atom. The van der Waals surface area contributed by atoms with E-state index >= 15 is 0 Å². The van der Waals surface area contributed by atoms with Gasteiger partial charge in [0.05, 0.1) is 6.20 Å². The van der Waals surface area contributed by atoms with Gasteiger partial charge in [-0.3, -0.25) is 9.48 Å². The smallest absolute Gasteiger partial charge is 0.267 e. The minimum absolute atomic E-state index is 0.0237. The molecule has 1 N–H and O–H groups in total. The topological polar surface area (TPSA) is 81.1 Å². The lowest BCUT2D eigenvalue weighted by Crippen LogP contribution is -2.31. The van der Waals surface area contributed by atoms with E-state index in [0.717, 1.165) is 11.6 Å². The highest BCUT2D eigenvalue weighted by atomic mass is 32.2. The first-order valence-corrected chi connectivity index (χ1v) is 8.16. The van der Waals surface area contributed by atoms with Crippen molar-refractivity contribution in [1.82, 2.24) is 14.5 Å². The highest BCUT2D eigenvalue weighted by Gasteiger charge is 2.23. The van der Waals surface area contributed by atoms with Gasteiger partial charge in [0.1, 0.15) is 16.5 Å². The minimum Gasteiger partial charge on any atom is -0.276 e. The zero-order valence-electron chi connectivity index (χ0n) is 12.5. The Kier molecular flexibility index (Phi) is 4.79. The normalized spacial score (nSPS) is 11.5. The third-order valence-corrected chi connectivity index (χ3v) is 4.54. The summed E-state index contributed by atoms with van der Waals surface area (Å²) in [5.41, 5.74) is 0.733. The highest BCUT2D eigenvalue weighted by Crippen LogP contribution is 2.18. The Hall–Kier alpha value is -2.29. The first-order valence-electron chi connectivity index (χ1n) is 6.68. The van der Waals surface area contributed by atoms with Crippen molar-refractivity contribution in [2.45, 2.75) is 24.7 Å². The van der Waals surface area contributed by atoms with Gasteiger partial charge in [0.2, 0.25) is 5.91 Å². The molecule has 9 heteroatoms. The Labute approximate surface area is 132 Å². The van der Waals surface area contributed by atoms with Crippen molar-refractivity contribution in [2.75, 3.05) is 0 Å². The zero-order valence-corrected chi connectivity index (χ0v) is 13.3. The Bertz CT molecular complexity index is 847. The van der Waals surface area contributed by atoms with Crippen molar-refractivity contribution in [3.8, 4) is 0 Å². The van der Waals surface area contributed by atoms with E-state index in [0.29, 0.717) is 6.07 Å². The fraction of sp³-hybridized carbons (Fsp3) is 0.286. The van der Waals surface area contributed by atoms with Crippen LogP contribution in [0, 0.1) is 18.6 Å². The van der Waals surface area contributed by atoms with Crippen LogP contribution >= 0.6 is 0 Å². The van der Waals surface area contributed by atoms with E-state index in [1.165, 1.54) is 6.92 Å². The van der Waals surface area contributed by atoms with Crippen LogP contribution < -0.4 is 4.72 Å². The second-order valence-electron chi connectivity index (χ2n) is 5.08. The lowest BCUT2D eigenvalue weighted by molar-refractivity contribution is -0.119. The molecule has 2 rings (SSSR count). The minimum atomic E-state index is -4.46. The number of aryl methyl sites for hydroxylation is 3. The average Bonchev–Trinajstić information content (AvgIpc) is 2.85. The van der Waals surface area contributed by atoms with Gasteiger partial charge >= 0.3 is 0 Å². The summed E-state index contributed by atoms with van der Waals surface area (Å²) in [5, 5.41) is 3.92. The molecule has 0 aliphatic carbocycles. The number of amides is 1. The third kappa shape index (κ3) is 4.13. The highest BCUT2D eigenvalue weighted by molar-refractivity contribution is 7.90. The number of hydrogen-bond acceptors (Lipinski definition) is 4. The summed E-state index contributed by atoms with van der Waals surface area (Å²) in [6.45, 7) is 1.31. The predicted octanol–water partition coefficient (Wildman–Crippen LogP) is 1.44. The molecule has 0 unspecified atom stereocenters. The molecule has 1 aromatic heterocycles. The molecule has 1 aromatic carbocycles. The van der Waals surface area contributed by atoms with E-state index in [9.17, 15) is 22.0 Å². The predicted molar refractivity (Wildman–Crippen MR) is 78.0 cm³/mol. The monoisotopic (exact) mass is 343 g/mol. The van der Waals surface area contributed by atoms with Gasteiger partial charge in [-0.05, 0) is 36.6 Å². The number of nitrogens with one attached hydrogen (secondary N) is 1. The summed E-state index contributed by atoms with van der Waals surface area (Å²) in [4.78, 5) is 10.8. The first-order chi connectivity index (χ1) is 10.7. The second-order valence-corrected chi connectivity index (χ2v) is 6.73. The number of hydrogen-bond donors (Lipinski definition) is 1. The summed E-state index contributed by atoms with van der Waals surface area (Å²) in [5.74, 6) is -2.79. The Morgan fingerprint density at radius 1 is 1.30 bits per heavy atom. The number of benzene rings is 1. The van der Waals surface area contributed by atoms with Crippen LogP contribution in [0.2, 0.25) is 0 Å². The van der Waals surface area contributed by atoms with Crippen molar-refractivity contribution in [3.63, 3.8) is 0 Å². The van der Waals surface area contributed by atoms with Gasteiger partial charge in [-0.2, -0.15) is 5.10 Å². The summed E-state index contributed by atoms with van der Waals surface area (Å²) in [6.07, 6.45) is 3.40. The molecule has 124 valence electrons. The first kappa shape index (κ1) is 17.1. The van der Waals surface area contributed by atoms with Crippen LogP contribution in [0.5, 0.6) is 0 Å². The number of sulfonamides is 1. The van der Waals surface area contributed by atoms with Gasteiger partial charge in [0, 0.05) is 19.7 Å². The molecule has 0 fully saturated rings. The number of carbonyl (C=O) groups excluding carboxylic acids is 1. The maximum Gasteiger partial charge on any atom is 0.267 e. The zero-order chi connectivity index (χ0) is 17.2. The SMILES string of the molecule is Cc1cc(F)c(S(=O)(=O)NC(=O)CCc2cnn(C)c2)cc1F. The molecular weight excluding hydrogens is 328 g/mol. The fourth-order valence-corrected chi connectivity index (χ4v) is 3.03. The molecule has 23 heavy (non-hydrogen) atoms. The van der Waals surface area contributed by atoms with E-state index in [-0.39, 0.29) is 18.4 Å². The van der Waals surface area contributed by atoms with Crippen LogP contribution in [0.1, 0.15) is 17.5 Å². The summed E-state index contributed by atoms with van der Waals surface area (Å²) in [6, 6.07) is 1.32. The number of nitrogens with zero attached hydrogens (tertiary/aromatic N) is 2. The number of rotatable bonds is 5. The van der Waals surface area contributed by atoms with Crippen LogP contribution in [0.4, 0.5) is 8.78 Å². The maximum atomic E-state index is 13.7. The molecule has 0 aliphatic heterocycles. The number of carbonyl (C=O) groups is 1. The lowest BCUT2D eigenvalue weighted by atomic mass is 10.2. The average molecular weight is 343 g/mol. The summed E-state index contributed by atoms with van der Waals surface area (Å²) >= 11 is 0. The van der Waals surface area contributed by atoms with Gasteiger partial charge < -0.3 is 0 Å². The Morgan fingerprint density at radius 2 is 2.00 bits per heavy atom. The number of halogens is 2. The lowest BCUT2D eigenvalue weighted by Gasteiger charge is -2.08. The molecule has 0 saturated carbocycles. The summed E-state index contributed by atoms with van der Waals surface area (Å²) < 4.78 is 54.4. The van der Waals surface area contributed by atoms with E-state index < -0.39 is 32.5 Å². The Balaban J connectivity index is 2.08. The van der Waals surface area contributed by atoms with E-state index in [1.807, 2.05) is 0 Å². The van der Waals surface area contributed by atoms with Crippen LogP contribution in [0.15, 0.2) is 29.4 Å². The van der Waals surface area contributed by atoms with Gasteiger partial charge in [-0.25, -0.2) is 21.9 Å². The molecule has 6 nitrogen and oxygen atoms in total. The van der Waals surface area contributed by atoms with Crippen molar-refractivity contribution in [3.05, 3.63) is 47.3 Å². The molecule has 0 spiro atoms. The standard InChI is InChI=1S/C14H15F2N3O3S/c1-9-5-12(16)13(6-11(9)15)23(21,22)18-14(20)4-3-10-7-17-19(2)8-10/h5-8H,3-4H2,1-2H3,(H,18,20). The van der Waals surface area contributed by atoms with Gasteiger partial charge in [-0.15, -0.1) is 0 Å². The van der Waals surface area contributed by atoms with Crippen molar-refractivity contribution in [1.29, 1.82) is 0 Å². The quantitative estimate of drug-likeness (QED) is 0.891. The van der Waals surface area contributed by atoms with Crippen molar-refractivity contribution >= 4 is 15.9 Å². The molecule has 0 saturated heterocycles. The molecule has 0 bridgehead atoms. The molecule has 0 radical (unpaired) electrons. The van der Waals surface area contributed by atoms with E-state index in [1.54, 1.807) is 28.8 Å². The number of aromatic nitrogens is 2.